The Kier molecular flexibility index (Phi) is 16.5. The SMILES string of the molecule is C(=C\c1ccc(N(c2ccccc2)c2ccc(-n3c4ccccc4c4ccccc43)cc2)cc1)/c1ccc(N(c2ccccc2)c2ccc(-n3c4ccccc4c4ccccc43)cc2)cc1.c1cnc2c([O][Al]([O]c3cccc4cccnc34)[O]c3cccc4cccnc34)cccc2c1. The predicted molar refractivity (Wildman–Crippen MR) is 413 cm³/mol. The fraction of sp³-hybridized carbons (Fsp3) is 0. The molecule has 0 N–H and O–H groups in total. The molecule has 5 heterocycles. The normalized spacial score (nSPS) is 11.4. The van der Waals surface area contributed by atoms with E-state index in [2.05, 4.69) is 301 Å². The van der Waals surface area contributed by atoms with Crippen molar-refractivity contribution in [1.82, 2.24) is 24.1 Å². The smallest absolute Gasteiger partial charge is 0.576 e. The van der Waals surface area contributed by atoms with Crippen LogP contribution in [0.15, 0.2) is 364 Å². The van der Waals surface area contributed by atoms with E-state index in [1.54, 1.807) is 18.6 Å². The number of benzene rings is 13. The highest BCUT2D eigenvalue weighted by atomic mass is 27.3. The van der Waals surface area contributed by atoms with Crippen LogP contribution in [0.25, 0.3) is 99.8 Å². The Bertz CT molecular complexity index is 5410. The number of para-hydroxylation sites is 9. The van der Waals surface area contributed by atoms with Gasteiger partial charge in [0.15, 0.2) is 0 Å². The summed E-state index contributed by atoms with van der Waals surface area (Å²) in [5.41, 5.74) is 18.2. The minimum absolute atomic E-state index is 0.608. The van der Waals surface area contributed by atoms with Gasteiger partial charge in [0.2, 0.25) is 0 Å². The highest BCUT2D eigenvalue weighted by Crippen LogP contribution is 2.40. The zero-order valence-corrected chi connectivity index (χ0v) is 55.4. The fourth-order valence-electron chi connectivity index (χ4n) is 13.5. The molecule has 100 heavy (non-hydrogen) atoms. The van der Waals surface area contributed by atoms with Crippen molar-refractivity contribution in [3.8, 4) is 28.6 Å². The average molecular weight is 1300 g/mol. The van der Waals surface area contributed by atoms with Crippen LogP contribution >= 0.6 is 0 Å². The van der Waals surface area contributed by atoms with Crippen LogP contribution in [0.1, 0.15) is 11.1 Å². The molecular weight excluding hydrogens is 1240 g/mol. The molecule has 0 radical (unpaired) electrons. The maximum Gasteiger partial charge on any atom is 1.20 e. The number of nitrogens with zero attached hydrogens (tertiary/aromatic N) is 7. The molecule has 0 aliphatic carbocycles. The van der Waals surface area contributed by atoms with Crippen LogP contribution in [-0.4, -0.2) is 39.2 Å². The lowest BCUT2D eigenvalue weighted by atomic mass is 10.1. The standard InChI is InChI=1S/C62H44N4.3C9H7NO.Al/c1-3-15-47(16-4-1)63(51-37-41-53(42-38-51)65-59-23-11-7-19-55(59)56-20-8-12-24-60(56)65)49-33-29-45(30-34-49)27-28-46-31-35-50(36-32-46)64(48-17-5-2-6-18-48)52-39-43-54(44-40-52)66-61-25-13-9-21-57(61)58-22-10-14-26-62(58)66;3*11-8-5-1-3-7-4-2-6-10-9(7)8;/h1-44H;3*1-6,11H;/q;;;;+3/p-3/b28-27+;;;;. The molecule has 10 nitrogen and oxygen atoms in total. The van der Waals surface area contributed by atoms with Gasteiger partial charge in [-0.2, -0.15) is 0 Å². The second-order valence-electron chi connectivity index (χ2n) is 24.3. The first-order valence-electron chi connectivity index (χ1n) is 33.4. The molecular formula is C89H62AlN7O3. The molecule has 0 aliphatic heterocycles. The summed E-state index contributed by atoms with van der Waals surface area (Å²) in [6.45, 7) is 0. The number of rotatable bonds is 16. The van der Waals surface area contributed by atoms with Crippen molar-refractivity contribution in [1.29, 1.82) is 0 Å². The van der Waals surface area contributed by atoms with Gasteiger partial charge in [0.1, 0.15) is 33.8 Å². The lowest BCUT2D eigenvalue weighted by molar-refractivity contribution is 0.311. The van der Waals surface area contributed by atoms with Crippen molar-refractivity contribution in [3.63, 3.8) is 0 Å². The zero-order valence-electron chi connectivity index (χ0n) is 54.2. The summed E-state index contributed by atoms with van der Waals surface area (Å²) >= 11 is -2.86. The molecule has 0 saturated heterocycles. The summed E-state index contributed by atoms with van der Waals surface area (Å²) < 4.78 is 24.0. The topological polar surface area (TPSA) is 82.7 Å². The van der Waals surface area contributed by atoms with E-state index >= 15 is 0 Å². The second-order valence-corrected chi connectivity index (χ2v) is 25.6. The van der Waals surface area contributed by atoms with Gasteiger partial charge >= 0.3 is 15.1 Å². The lowest BCUT2D eigenvalue weighted by Crippen LogP contribution is -2.37. The van der Waals surface area contributed by atoms with Crippen LogP contribution in [0.3, 0.4) is 0 Å². The van der Waals surface area contributed by atoms with E-state index in [9.17, 15) is 0 Å². The first-order valence-corrected chi connectivity index (χ1v) is 34.8. The fourth-order valence-corrected chi connectivity index (χ4v) is 14.8. The Balaban J connectivity index is 0.000000184. The van der Waals surface area contributed by atoms with Gasteiger partial charge in [0.05, 0.1) is 22.1 Å². The zero-order chi connectivity index (χ0) is 66.6. The van der Waals surface area contributed by atoms with Gasteiger partial charge in [-0.25, -0.2) is 0 Å². The van der Waals surface area contributed by atoms with Gasteiger partial charge in [-0.1, -0.05) is 200 Å². The van der Waals surface area contributed by atoms with Gasteiger partial charge in [0.25, 0.3) is 0 Å². The van der Waals surface area contributed by atoms with Crippen molar-refractivity contribution in [2.45, 2.75) is 0 Å². The third-order valence-electron chi connectivity index (χ3n) is 18.1. The van der Waals surface area contributed by atoms with Crippen molar-refractivity contribution >= 4 is 138 Å². The molecule has 18 rings (SSSR count). The monoisotopic (exact) mass is 1300 g/mol. The van der Waals surface area contributed by atoms with Crippen LogP contribution in [0.5, 0.6) is 17.2 Å². The van der Waals surface area contributed by atoms with Gasteiger partial charge in [-0.3, -0.25) is 15.0 Å². The number of aromatic nitrogens is 5. The Labute approximate surface area is 583 Å². The number of pyridine rings is 3. The third kappa shape index (κ3) is 12.0. The molecule has 0 saturated carbocycles. The van der Waals surface area contributed by atoms with E-state index in [1.165, 1.54) is 43.6 Å². The summed E-state index contributed by atoms with van der Waals surface area (Å²) in [4.78, 5) is 18.2. The maximum absolute atomic E-state index is 6.41. The average Bonchev–Trinajstić information content (AvgIpc) is 1.60. The van der Waals surface area contributed by atoms with Crippen molar-refractivity contribution in [3.05, 3.63) is 376 Å². The van der Waals surface area contributed by atoms with E-state index in [0.717, 1.165) is 89.3 Å². The van der Waals surface area contributed by atoms with Crippen LogP contribution in [-0.2, 0) is 0 Å². The van der Waals surface area contributed by atoms with Crippen LogP contribution < -0.4 is 21.2 Å². The van der Waals surface area contributed by atoms with Gasteiger partial charge in [-0.15, -0.1) is 0 Å². The maximum atomic E-state index is 6.41. The number of hydrogen-bond donors (Lipinski definition) is 0. The van der Waals surface area contributed by atoms with Crippen LogP contribution in [0, 0.1) is 0 Å². The molecule has 0 atom stereocenters. The van der Waals surface area contributed by atoms with E-state index < -0.39 is 15.1 Å². The van der Waals surface area contributed by atoms with Gasteiger partial charge < -0.3 is 30.3 Å². The van der Waals surface area contributed by atoms with E-state index in [-0.39, 0.29) is 0 Å². The molecule has 0 spiro atoms. The molecule has 0 bridgehead atoms. The molecule has 0 aliphatic rings. The van der Waals surface area contributed by atoms with Gasteiger partial charge in [-0.05, 0) is 169 Å². The molecule has 5 aromatic heterocycles. The van der Waals surface area contributed by atoms with Crippen LogP contribution in [0.2, 0.25) is 0 Å². The Hall–Kier alpha value is -13.0. The number of fused-ring (bicyclic) bond motifs is 9. The van der Waals surface area contributed by atoms with Crippen molar-refractivity contribution < 1.29 is 11.4 Å². The molecule has 13 aromatic carbocycles. The molecule has 0 amide bonds. The highest BCUT2D eigenvalue weighted by molar-refractivity contribution is 6.40. The number of hydrogen-bond acceptors (Lipinski definition) is 8. The van der Waals surface area contributed by atoms with Crippen molar-refractivity contribution in [2.75, 3.05) is 9.80 Å². The molecule has 11 heteroatoms. The Morgan fingerprint density at radius 1 is 0.250 bits per heavy atom. The summed E-state index contributed by atoms with van der Waals surface area (Å²) in [6, 6.07) is 120. The van der Waals surface area contributed by atoms with Crippen molar-refractivity contribution in [2.24, 2.45) is 0 Å². The minimum atomic E-state index is -2.86. The van der Waals surface area contributed by atoms with E-state index in [1.807, 2.05) is 91.0 Å². The summed E-state index contributed by atoms with van der Waals surface area (Å²) in [7, 11) is 0. The largest absolute Gasteiger partial charge is 1.20 e. The molecule has 18 aromatic rings. The summed E-state index contributed by atoms with van der Waals surface area (Å²) in [5.74, 6) is 1.82. The Morgan fingerprint density at radius 2 is 0.520 bits per heavy atom. The summed E-state index contributed by atoms with van der Waals surface area (Å²) in [5, 5.41) is 7.98. The first kappa shape index (κ1) is 60.6. The predicted octanol–water partition coefficient (Wildman–Crippen LogP) is 22.8. The molecule has 0 fully saturated rings. The van der Waals surface area contributed by atoms with Gasteiger partial charge in [0, 0.05) is 102 Å². The lowest BCUT2D eigenvalue weighted by Gasteiger charge is -2.26. The quantitative estimate of drug-likeness (QED) is 0.0699. The van der Waals surface area contributed by atoms with Crippen LogP contribution in [0.4, 0.5) is 34.1 Å². The van der Waals surface area contributed by atoms with E-state index in [4.69, 9.17) is 11.4 Å². The second kappa shape index (κ2) is 27.2. The first-order chi connectivity index (χ1) is 49.6. The highest BCUT2D eigenvalue weighted by Gasteiger charge is 2.46. The third-order valence-corrected chi connectivity index (χ3v) is 19.5. The number of anilines is 6. The van der Waals surface area contributed by atoms with E-state index in [0.29, 0.717) is 17.2 Å². The summed E-state index contributed by atoms with van der Waals surface area (Å²) in [6.07, 6.45) is 9.62. The minimum Gasteiger partial charge on any atom is -0.576 e. The molecule has 0 unspecified atom stereocenters. The Morgan fingerprint density at radius 3 is 0.840 bits per heavy atom. The molecule has 474 valence electrons.